The zero-order chi connectivity index (χ0) is 19.7. The highest BCUT2D eigenvalue weighted by molar-refractivity contribution is 7.90. The van der Waals surface area contributed by atoms with Crippen LogP contribution in [0.2, 0.25) is 0 Å². The monoisotopic (exact) mass is 378 g/mol. The molecule has 25 heavy (non-hydrogen) atoms. The molecular weight excluding hydrogens is 344 g/mol. The number of ether oxygens (including phenoxy) is 1. The molecule has 1 amide bonds. The number of carbonyl (C=O) groups excluding carboxylic acids is 1. The Bertz CT molecular complexity index is 549. The maximum atomic E-state index is 12.1. The van der Waals surface area contributed by atoms with E-state index in [1.807, 2.05) is 34.6 Å². The highest BCUT2D eigenvalue weighted by Gasteiger charge is 2.30. The fraction of sp³-hybridized carbons (Fsp3) is 0.875. The van der Waals surface area contributed by atoms with Gasteiger partial charge in [0.1, 0.15) is 15.4 Å². The van der Waals surface area contributed by atoms with Crippen molar-refractivity contribution in [3.63, 3.8) is 0 Å². The predicted octanol–water partition coefficient (Wildman–Crippen LogP) is 1.28. The van der Waals surface area contributed by atoms with E-state index >= 15 is 0 Å². The van der Waals surface area contributed by atoms with Crippen LogP contribution in [0.3, 0.4) is 0 Å². The van der Waals surface area contributed by atoms with Crippen molar-refractivity contribution in [1.82, 2.24) is 16.0 Å². The zero-order valence-electron chi connectivity index (χ0n) is 16.5. The Balaban J connectivity index is 4.75. The van der Waals surface area contributed by atoms with E-state index < -0.39 is 27.1 Å². The first-order valence-electron chi connectivity index (χ1n) is 8.50. The van der Waals surface area contributed by atoms with Crippen LogP contribution in [0, 0.1) is 0 Å². The van der Waals surface area contributed by atoms with E-state index in [0.717, 1.165) is 0 Å². The van der Waals surface area contributed by atoms with E-state index in [4.69, 9.17) is 4.74 Å². The summed E-state index contributed by atoms with van der Waals surface area (Å²) in [7, 11) is -1.43. The van der Waals surface area contributed by atoms with Crippen molar-refractivity contribution >= 4 is 21.9 Å². The largest absolute Gasteiger partial charge is 0.444 e. The number of aliphatic imine (C=N–C) groups is 1. The molecular formula is C16H34N4O4S. The summed E-state index contributed by atoms with van der Waals surface area (Å²) in [5.74, 6) is 0.511. The molecule has 0 radical (unpaired) electrons. The van der Waals surface area contributed by atoms with E-state index in [9.17, 15) is 13.2 Å². The molecule has 0 rings (SSSR count). The highest BCUT2D eigenvalue weighted by atomic mass is 32.2. The van der Waals surface area contributed by atoms with Gasteiger partial charge in [-0.1, -0.05) is 13.8 Å². The quantitative estimate of drug-likeness (QED) is 0.434. The number of hydrogen-bond acceptors (Lipinski definition) is 5. The van der Waals surface area contributed by atoms with Crippen molar-refractivity contribution in [2.45, 2.75) is 58.6 Å². The number of guanidine groups is 1. The van der Waals surface area contributed by atoms with Crippen LogP contribution >= 0.6 is 0 Å². The number of hydrogen-bond donors (Lipinski definition) is 3. The summed E-state index contributed by atoms with van der Waals surface area (Å²) in [6, 6.07) is 0. The minimum absolute atomic E-state index is 0.0244. The van der Waals surface area contributed by atoms with Crippen LogP contribution in [0.15, 0.2) is 4.99 Å². The van der Waals surface area contributed by atoms with Crippen LogP contribution in [0.5, 0.6) is 0 Å². The van der Waals surface area contributed by atoms with E-state index in [-0.39, 0.29) is 12.3 Å². The second-order valence-electron chi connectivity index (χ2n) is 7.10. The minimum Gasteiger partial charge on any atom is -0.444 e. The van der Waals surface area contributed by atoms with E-state index in [2.05, 4.69) is 20.9 Å². The van der Waals surface area contributed by atoms with Gasteiger partial charge in [-0.25, -0.2) is 13.2 Å². The second kappa shape index (κ2) is 9.84. The molecule has 3 N–H and O–H groups in total. The molecule has 8 nitrogen and oxygen atoms in total. The average Bonchev–Trinajstić information content (AvgIpc) is 2.46. The Morgan fingerprint density at radius 1 is 1.12 bits per heavy atom. The van der Waals surface area contributed by atoms with Gasteiger partial charge in [0, 0.05) is 26.4 Å². The molecule has 9 heteroatoms. The van der Waals surface area contributed by atoms with Gasteiger partial charge in [-0.3, -0.25) is 4.99 Å². The molecule has 0 saturated heterocycles. The van der Waals surface area contributed by atoms with Crippen molar-refractivity contribution in [2.75, 3.05) is 32.1 Å². The Labute approximate surface area is 152 Å². The topological polar surface area (TPSA) is 109 Å². The SMILES string of the molecule is CCC(CC)(CNC(=NC)NCCS(C)(=O)=O)NC(=O)OC(C)(C)C. The molecule has 0 aromatic carbocycles. The number of nitrogens with one attached hydrogen (secondary N) is 3. The lowest BCUT2D eigenvalue weighted by molar-refractivity contribution is 0.0448. The molecule has 0 aromatic heterocycles. The van der Waals surface area contributed by atoms with Crippen LogP contribution in [-0.2, 0) is 14.6 Å². The van der Waals surface area contributed by atoms with Crippen molar-refractivity contribution in [2.24, 2.45) is 4.99 Å². The third kappa shape index (κ3) is 10.9. The van der Waals surface area contributed by atoms with Crippen molar-refractivity contribution < 1.29 is 17.9 Å². The lowest BCUT2D eigenvalue weighted by Gasteiger charge is -2.34. The first kappa shape index (κ1) is 23.5. The maximum Gasteiger partial charge on any atom is 0.408 e. The van der Waals surface area contributed by atoms with Gasteiger partial charge in [0.15, 0.2) is 5.96 Å². The molecule has 0 atom stereocenters. The summed E-state index contributed by atoms with van der Waals surface area (Å²) in [6.07, 6.45) is 2.14. The molecule has 0 unspecified atom stereocenters. The Morgan fingerprint density at radius 3 is 2.08 bits per heavy atom. The lowest BCUT2D eigenvalue weighted by Crippen LogP contribution is -2.57. The summed E-state index contributed by atoms with van der Waals surface area (Å²) in [5.41, 5.74) is -1.05. The molecule has 0 aliphatic rings. The minimum atomic E-state index is -3.03. The van der Waals surface area contributed by atoms with E-state index in [0.29, 0.717) is 25.3 Å². The second-order valence-corrected chi connectivity index (χ2v) is 9.36. The summed E-state index contributed by atoms with van der Waals surface area (Å²) < 4.78 is 27.7. The number of amides is 1. The Kier molecular flexibility index (Phi) is 9.24. The molecule has 148 valence electrons. The predicted molar refractivity (Wildman–Crippen MR) is 102 cm³/mol. The number of rotatable bonds is 8. The number of alkyl carbamates (subject to hydrolysis) is 1. The molecule has 0 fully saturated rings. The molecule has 0 heterocycles. The fourth-order valence-corrected chi connectivity index (χ4v) is 2.54. The van der Waals surface area contributed by atoms with Crippen molar-refractivity contribution in [1.29, 1.82) is 0 Å². The maximum absolute atomic E-state index is 12.1. The van der Waals surface area contributed by atoms with Crippen molar-refractivity contribution in [3.8, 4) is 0 Å². The van der Waals surface area contributed by atoms with E-state index in [1.165, 1.54) is 6.26 Å². The molecule has 0 bridgehead atoms. The Hall–Kier alpha value is -1.51. The third-order valence-electron chi connectivity index (χ3n) is 3.70. The van der Waals surface area contributed by atoms with Gasteiger partial charge in [-0.15, -0.1) is 0 Å². The summed E-state index contributed by atoms with van der Waals surface area (Å²) >= 11 is 0. The van der Waals surface area contributed by atoms with Gasteiger partial charge in [-0.05, 0) is 33.6 Å². The highest BCUT2D eigenvalue weighted by Crippen LogP contribution is 2.16. The van der Waals surface area contributed by atoms with Crippen LogP contribution in [0.4, 0.5) is 4.79 Å². The van der Waals surface area contributed by atoms with Crippen LogP contribution in [0.1, 0.15) is 47.5 Å². The first-order chi connectivity index (χ1) is 11.4. The summed E-state index contributed by atoms with van der Waals surface area (Å²) in [4.78, 5) is 16.2. The molecule has 0 spiro atoms. The molecule has 0 aromatic rings. The smallest absolute Gasteiger partial charge is 0.408 e. The normalized spacial score (nSPS) is 13.3. The van der Waals surface area contributed by atoms with Crippen LogP contribution < -0.4 is 16.0 Å². The van der Waals surface area contributed by atoms with Gasteiger partial charge in [0.25, 0.3) is 0 Å². The van der Waals surface area contributed by atoms with Gasteiger partial charge in [0.05, 0.1) is 11.3 Å². The van der Waals surface area contributed by atoms with Gasteiger partial charge in [-0.2, -0.15) is 0 Å². The molecule has 0 aliphatic heterocycles. The van der Waals surface area contributed by atoms with Gasteiger partial charge >= 0.3 is 6.09 Å². The standard InChI is InChI=1S/C16H34N4O4S/c1-8-16(9-2,20-14(21)24-15(3,4)5)12-19-13(17-6)18-10-11-25(7,22)23/h8-12H2,1-7H3,(H,20,21)(H2,17,18,19). The zero-order valence-corrected chi connectivity index (χ0v) is 17.3. The molecule has 0 aliphatic carbocycles. The number of carbonyl (C=O) groups is 1. The third-order valence-corrected chi connectivity index (χ3v) is 4.65. The van der Waals surface area contributed by atoms with Gasteiger partial charge in [0.2, 0.25) is 0 Å². The van der Waals surface area contributed by atoms with Crippen molar-refractivity contribution in [3.05, 3.63) is 0 Å². The van der Waals surface area contributed by atoms with Crippen LogP contribution in [-0.4, -0.2) is 63.8 Å². The average molecular weight is 379 g/mol. The summed E-state index contributed by atoms with van der Waals surface area (Å²) in [5, 5.41) is 9.04. The van der Waals surface area contributed by atoms with Crippen LogP contribution in [0.25, 0.3) is 0 Å². The number of sulfone groups is 1. The fourth-order valence-electron chi connectivity index (χ4n) is 2.07. The molecule has 0 saturated carbocycles. The summed E-state index contributed by atoms with van der Waals surface area (Å²) in [6.45, 7) is 10.1. The Morgan fingerprint density at radius 2 is 1.68 bits per heavy atom. The van der Waals surface area contributed by atoms with Gasteiger partial charge < -0.3 is 20.7 Å². The first-order valence-corrected chi connectivity index (χ1v) is 10.6. The lowest BCUT2D eigenvalue weighted by atomic mass is 9.93. The van der Waals surface area contributed by atoms with E-state index in [1.54, 1.807) is 7.05 Å². The number of nitrogens with zero attached hydrogens (tertiary/aromatic N) is 1.